The molecule has 1 atom stereocenters. The van der Waals surface area contributed by atoms with Crippen molar-refractivity contribution in [1.29, 1.82) is 0 Å². The van der Waals surface area contributed by atoms with E-state index in [1.54, 1.807) is 7.11 Å². The second-order valence-corrected chi connectivity index (χ2v) is 5.26. The summed E-state index contributed by atoms with van der Waals surface area (Å²) in [6.45, 7) is 6.74. The third kappa shape index (κ3) is 2.23. The van der Waals surface area contributed by atoms with E-state index in [0.717, 1.165) is 36.7 Å². The molecular formula is C15H20N4O. The Hall–Kier alpha value is -1.72. The quantitative estimate of drug-likeness (QED) is 0.797. The zero-order valence-electron chi connectivity index (χ0n) is 12.2. The third-order valence-electron chi connectivity index (χ3n) is 3.86. The maximum Gasteiger partial charge on any atom is 0.163 e. The number of rotatable bonds is 4. The van der Waals surface area contributed by atoms with Gasteiger partial charge < -0.3 is 4.74 Å². The molecule has 0 spiro atoms. The van der Waals surface area contributed by atoms with Crippen molar-refractivity contribution in [2.24, 2.45) is 0 Å². The number of hydrogen-bond acceptors (Lipinski definition) is 4. The molecule has 106 valence electrons. The van der Waals surface area contributed by atoms with Crippen molar-refractivity contribution in [3.8, 4) is 0 Å². The van der Waals surface area contributed by atoms with E-state index < -0.39 is 0 Å². The van der Waals surface area contributed by atoms with Crippen LogP contribution in [0.1, 0.15) is 23.0 Å². The predicted molar refractivity (Wildman–Crippen MR) is 77.8 cm³/mol. The fourth-order valence-electron chi connectivity index (χ4n) is 2.78. The summed E-state index contributed by atoms with van der Waals surface area (Å²) in [5, 5.41) is 8.37. The first kappa shape index (κ1) is 13.3. The van der Waals surface area contributed by atoms with E-state index in [-0.39, 0.29) is 0 Å². The van der Waals surface area contributed by atoms with Crippen molar-refractivity contribution in [3.63, 3.8) is 0 Å². The molecule has 5 heteroatoms. The minimum absolute atomic E-state index is 0.315. The first-order valence-electron chi connectivity index (χ1n) is 6.92. The van der Waals surface area contributed by atoms with Crippen LogP contribution >= 0.6 is 0 Å². The second-order valence-electron chi connectivity index (χ2n) is 5.26. The molecule has 0 saturated heterocycles. The number of nitrogens with zero attached hydrogens (tertiary/aromatic N) is 4. The van der Waals surface area contributed by atoms with Crippen LogP contribution in [0.4, 0.5) is 0 Å². The number of aromatic nitrogens is 3. The Morgan fingerprint density at radius 1 is 1.35 bits per heavy atom. The van der Waals surface area contributed by atoms with E-state index in [1.807, 2.05) is 6.92 Å². The average Bonchev–Trinajstić information content (AvgIpc) is 3.04. The van der Waals surface area contributed by atoms with Gasteiger partial charge in [0.1, 0.15) is 5.82 Å². The smallest absolute Gasteiger partial charge is 0.163 e. The molecule has 20 heavy (non-hydrogen) atoms. The summed E-state index contributed by atoms with van der Waals surface area (Å²) in [6.07, 6.45) is 6.63. The van der Waals surface area contributed by atoms with E-state index >= 15 is 0 Å². The lowest BCUT2D eigenvalue weighted by atomic mass is 10.1. The molecule has 0 fully saturated rings. The van der Waals surface area contributed by atoms with Crippen LogP contribution in [-0.4, -0.2) is 46.3 Å². The van der Waals surface area contributed by atoms with E-state index in [2.05, 4.69) is 50.8 Å². The van der Waals surface area contributed by atoms with E-state index in [0.29, 0.717) is 6.04 Å². The SMILES string of the molecule is COCCN1CC=CC1c1cc(C)c2nnc(C)n2c1. The minimum atomic E-state index is 0.315. The fourth-order valence-corrected chi connectivity index (χ4v) is 2.78. The van der Waals surface area contributed by atoms with E-state index in [1.165, 1.54) is 5.56 Å². The summed E-state index contributed by atoms with van der Waals surface area (Å²) in [5.74, 6) is 0.926. The molecule has 0 amide bonds. The number of aryl methyl sites for hydroxylation is 2. The van der Waals surface area contributed by atoms with Gasteiger partial charge in [-0.2, -0.15) is 0 Å². The van der Waals surface area contributed by atoms with Gasteiger partial charge in [0.25, 0.3) is 0 Å². The highest BCUT2D eigenvalue weighted by Gasteiger charge is 2.22. The standard InChI is InChI=1S/C15H20N4O/c1-11-9-13(10-19-12(2)16-17-15(11)19)14-5-4-6-18(14)7-8-20-3/h4-5,9-10,14H,6-8H2,1-3H3. The van der Waals surface area contributed by atoms with Crippen LogP contribution in [0.25, 0.3) is 5.65 Å². The summed E-state index contributed by atoms with van der Waals surface area (Å²) >= 11 is 0. The monoisotopic (exact) mass is 272 g/mol. The van der Waals surface area contributed by atoms with E-state index in [4.69, 9.17) is 4.74 Å². The largest absolute Gasteiger partial charge is 0.383 e. The van der Waals surface area contributed by atoms with Crippen LogP contribution in [0.15, 0.2) is 24.4 Å². The minimum Gasteiger partial charge on any atom is -0.383 e. The molecule has 3 heterocycles. The second kappa shape index (κ2) is 5.34. The van der Waals surface area contributed by atoms with Gasteiger partial charge in [0, 0.05) is 26.4 Å². The maximum absolute atomic E-state index is 5.19. The van der Waals surface area contributed by atoms with Gasteiger partial charge >= 0.3 is 0 Å². The number of pyridine rings is 1. The molecule has 2 aromatic rings. The average molecular weight is 272 g/mol. The van der Waals surface area contributed by atoms with Crippen LogP contribution in [0.2, 0.25) is 0 Å². The Bertz CT molecular complexity index is 647. The van der Waals surface area contributed by atoms with Gasteiger partial charge in [0.05, 0.1) is 12.6 Å². The number of fused-ring (bicyclic) bond motifs is 1. The lowest BCUT2D eigenvalue weighted by Crippen LogP contribution is -2.27. The van der Waals surface area contributed by atoms with Crippen molar-refractivity contribution >= 4 is 5.65 Å². The van der Waals surface area contributed by atoms with Gasteiger partial charge in [-0.25, -0.2) is 0 Å². The Kier molecular flexibility index (Phi) is 3.54. The van der Waals surface area contributed by atoms with Crippen molar-refractivity contribution in [2.75, 3.05) is 26.8 Å². The van der Waals surface area contributed by atoms with Crippen molar-refractivity contribution in [2.45, 2.75) is 19.9 Å². The van der Waals surface area contributed by atoms with Crippen LogP contribution in [0, 0.1) is 13.8 Å². The van der Waals surface area contributed by atoms with Gasteiger partial charge in [-0.15, -0.1) is 10.2 Å². The van der Waals surface area contributed by atoms with Crippen LogP contribution in [0.5, 0.6) is 0 Å². The lowest BCUT2D eigenvalue weighted by Gasteiger charge is -2.24. The highest BCUT2D eigenvalue weighted by Crippen LogP contribution is 2.28. The van der Waals surface area contributed by atoms with Crippen LogP contribution in [0.3, 0.4) is 0 Å². The van der Waals surface area contributed by atoms with Crippen molar-refractivity contribution < 1.29 is 4.74 Å². The molecule has 0 aliphatic carbocycles. The van der Waals surface area contributed by atoms with Gasteiger partial charge in [0.15, 0.2) is 5.65 Å². The molecule has 0 saturated carbocycles. The predicted octanol–water partition coefficient (Wildman–Crippen LogP) is 1.91. The molecule has 0 aromatic carbocycles. The number of hydrogen-bond donors (Lipinski definition) is 0. The summed E-state index contributed by atoms with van der Waals surface area (Å²) < 4.78 is 7.27. The summed E-state index contributed by atoms with van der Waals surface area (Å²) in [5.41, 5.74) is 3.38. The molecular weight excluding hydrogens is 252 g/mol. The zero-order valence-corrected chi connectivity index (χ0v) is 12.2. The number of methoxy groups -OCH3 is 1. The Morgan fingerprint density at radius 3 is 3.00 bits per heavy atom. The number of ether oxygens (including phenoxy) is 1. The Balaban J connectivity index is 1.96. The van der Waals surface area contributed by atoms with Gasteiger partial charge in [-0.1, -0.05) is 12.2 Å². The molecule has 0 bridgehead atoms. The summed E-state index contributed by atoms with van der Waals surface area (Å²) in [4.78, 5) is 2.41. The molecule has 1 aliphatic rings. The fraction of sp³-hybridized carbons (Fsp3) is 0.467. The molecule has 2 aromatic heterocycles. The molecule has 1 unspecified atom stereocenters. The van der Waals surface area contributed by atoms with Gasteiger partial charge in [0.2, 0.25) is 0 Å². The molecule has 0 radical (unpaired) electrons. The normalized spacial score (nSPS) is 19.2. The maximum atomic E-state index is 5.19. The highest BCUT2D eigenvalue weighted by atomic mass is 16.5. The Labute approximate surface area is 118 Å². The topological polar surface area (TPSA) is 42.7 Å². The molecule has 0 N–H and O–H groups in total. The van der Waals surface area contributed by atoms with Gasteiger partial charge in [-0.3, -0.25) is 9.30 Å². The van der Waals surface area contributed by atoms with Crippen LogP contribution < -0.4 is 0 Å². The first-order valence-corrected chi connectivity index (χ1v) is 6.92. The lowest BCUT2D eigenvalue weighted by molar-refractivity contribution is 0.146. The summed E-state index contributed by atoms with van der Waals surface area (Å²) in [7, 11) is 1.75. The molecule has 3 rings (SSSR count). The zero-order chi connectivity index (χ0) is 14.1. The van der Waals surface area contributed by atoms with Crippen LogP contribution in [-0.2, 0) is 4.74 Å². The Morgan fingerprint density at radius 2 is 2.20 bits per heavy atom. The van der Waals surface area contributed by atoms with Crippen molar-refractivity contribution in [1.82, 2.24) is 19.5 Å². The molecule has 1 aliphatic heterocycles. The highest BCUT2D eigenvalue weighted by molar-refractivity contribution is 5.49. The van der Waals surface area contributed by atoms with Crippen molar-refractivity contribution in [3.05, 3.63) is 41.4 Å². The first-order chi connectivity index (χ1) is 9.70. The molecule has 5 nitrogen and oxygen atoms in total. The third-order valence-corrected chi connectivity index (χ3v) is 3.86. The van der Waals surface area contributed by atoms with E-state index in [9.17, 15) is 0 Å². The van der Waals surface area contributed by atoms with Gasteiger partial charge in [-0.05, 0) is 31.0 Å². The summed E-state index contributed by atoms with van der Waals surface area (Å²) in [6, 6.07) is 2.53.